The van der Waals surface area contributed by atoms with Crippen molar-refractivity contribution in [1.29, 1.82) is 0 Å². The molecule has 1 aliphatic rings. The van der Waals surface area contributed by atoms with Crippen LogP contribution in [0, 0.1) is 5.41 Å². The Balaban J connectivity index is 2.23. The molecule has 0 aromatic heterocycles. The molecule has 1 saturated carbocycles. The largest absolute Gasteiger partial charge is 0.243 e. The van der Waals surface area contributed by atoms with Gasteiger partial charge in [-0.15, -0.1) is 0 Å². The highest BCUT2D eigenvalue weighted by atomic mass is 79.9. The number of nitrogens with one attached hydrogen (secondary N) is 1. The van der Waals surface area contributed by atoms with E-state index in [2.05, 4.69) is 36.6 Å². The van der Waals surface area contributed by atoms with Gasteiger partial charge in [0, 0.05) is 16.3 Å². The van der Waals surface area contributed by atoms with Gasteiger partial charge in [-0.3, -0.25) is 0 Å². The Labute approximate surface area is 152 Å². The summed E-state index contributed by atoms with van der Waals surface area (Å²) in [4.78, 5) is -0.0586. The highest BCUT2D eigenvalue weighted by Gasteiger charge is 2.34. The molecule has 3 nitrogen and oxygen atoms in total. The Hall–Kier alpha value is 0.670. The van der Waals surface area contributed by atoms with Crippen LogP contribution in [0.4, 0.5) is 0 Å². The van der Waals surface area contributed by atoms with Gasteiger partial charge >= 0.3 is 0 Å². The van der Waals surface area contributed by atoms with Crippen LogP contribution in [0.3, 0.4) is 0 Å². The summed E-state index contributed by atoms with van der Waals surface area (Å²) in [6.45, 7) is 0.392. The van der Waals surface area contributed by atoms with Gasteiger partial charge in [-0.05, 0) is 30.4 Å². The highest BCUT2D eigenvalue weighted by molar-refractivity contribution is 9.10. The smallest absolute Gasteiger partial charge is 0.210 e. The van der Waals surface area contributed by atoms with Crippen LogP contribution in [0.15, 0.2) is 21.5 Å². The summed E-state index contributed by atoms with van der Waals surface area (Å²) in [7, 11) is -3.73. The van der Waals surface area contributed by atoms with Crippen molar-refractivity contribution in [3.8, 4) is 0 Å². The molecule has 2 rings (SSSR count). The molecule has 21 heavy (non-hydrogen) atoms. The summed E-state index contributed by atoms with van der Waals surface area (Å²) in [6.07, 6.45) is 4.30. The van der Waals surface area contributed by atoms with Gasteiger partial charge < -0.3 is 0 Å². The number of hydrogen-bond acceptors (Lipinski definition) is 2. The number of hydrogen-bond donors (Lipinski definition) is 1. The van der Waals surface area contributed by atoms with E-state index in [0.29, 0.717) is 11.0 Å². The molecule has 118 valence electrons. The van der Waals surface area contributed by atoms with E-state index in [9.17, 15) is 8.42 Å². The second-order valence-electron chi connectivity index (χ2n) is 5.36. The van der Waals surface area contributed by atoms with Gasteiger partial charge in [0.15, 0.2) is 0 Å². The first kappa shape index (κ1) is 18.0. The predicted octanol–water partition coefficient (Wildman–Crippen LogP) is 4.99. The van der Waals surface area contributed by atoms with E-state index in [1.165, 1.54) is 12.1 Å². The minimum atomic E-state index is -3.73. The van der Waals surface area contributed by atoms with E-state index in [0.717, 1.165) is 31.0 Å². The van der Waals surface area contributed by atoms with E-state index >= 15 is 0 Å². The van der Waals surface area contributed by atoms with Crippen LogP contribution in [0.25, 0.3) is 0 Å². The molecule has 0 heterocycles. The molecule has 0 radical (unpaired) electrons. The van der Waals surface area contributed by atoms with Crippen molar-refractivity contribution < 1.29 is 8.42 Å². The molecule has 0 unspecified atom stereocenters. The van der Waals surface area contributed by atoms with Crippen molar-refractivity contribution in [3.05, 3.63) is 26.7 Å². The highest BCUT2D eigenvalue weighted by Crippen LogP contribution is 2.40. The summed E-state index contributed by atoms with van der Waals surface area (Å²) in [5.74, 6) is 0. The van der Waals surface area contributed by atoms with Crippen LogP contribution in [-0.4, -0.2) is 20.3 Å². The third-order valence-corrected chi connectivity index (χ3v) is 7.79. The number of rotatable bonds is 5. The summed E-state index contributed by atoms with van der Waals surface area (Å²) < 4.78 is 28.3. The van der Waals surface area contributed by atoms with Crippen molar-refractivity contribution in [1.82, 2.24) is 4.72 Å². The van der Waals surface area contributed by atoms with E-state index in [4.69, 9.17) is 23.2 Å². The average molecular weight is 480 g/mol. The topological polar surface area (TPSA) is 46.2 Å². The Bertz CT molecular complexity index is 608. The maximum Gasteiger partial charge on any atom is 0.243 e. The molecule has 1 aliphatic carbocycles. The van der Waals surface area contributed by atoms with E-state index in [-0.39, 0.29) is 20.4 Å². The molecular weight excluding hydrogens is 465 g/mol. The van der Waals surface area contributed by atoms with Gasteiger partial charge in [-0.1, -0.05) is 67.9 Å². The molecule has 1 aromatic carbocycles. The fourth-order valence-corrected chi connectivity index (χ4v) is 6.44. The maximum absolute atomic E-state index is 12.5. The van der Waals surface area contributed by atoms with Gasteiger partial charge in [0.1, 0.15) is 4.90 Å². The Morgan fingerprint density at radius 2 is 1.71 bits per heavy atom. The third-order valence-electron chi connectivity index (χ3n) is 3.82. The van der Waals surface area contributed by atoms with Crippen molar-refractivity contribution in [2.24, 2.45) is 5.41 Å². The molecule has 0 spiro atoms. The summed E-state index contributed by atoms with van der Waals surface area (Å²) in [6, 6.07) is 3.05. The molecule has 1 fully saturated rings. The lowest BCUT2D eigenvalue weighted by Gasteiger charge is -2.26. The minimum Gasteiger partial charge on any atom is -0.210 e. The van der Waals surface area contributed by atoms with Crippen molar-refractivity contribution >= 4 is 65.1 Å². The first-order valence-corrected chi connectivity index (χ1v) is 10.7. The lowest BCUT2D eigenvalue weighted by molar-refractivity contribution is 0.347. The standard InChI is InChI=1S/C13H15Br2Cl2NO2S/c14-7-13(3-1-2-4-13)8-18-21(19,20)12-10(16)5-9(15)6-11(12)17/h5-6,18H,1-4,7-8H2. The number of sulfonamides is 1. The number of alkyl halides is 1. The Kier molecular flexibility index (Phi) is 6.05. The Morgan fingerprint density at radius 3 is 2.19 bits per heavy atom. The second kappa shape index (κ2) is 7.05. The molecule has 0 saturated heterocycles. The zero-order chi connectivity index (χ0) is 15.7. The lowest BCUT2D eigenvalue weighted by Crippen LogP contribution is -2.37. The van der Waals surface area contributed by atoms with Gasteiger partial charge in [0.2, 0.25) is 10.0 Å². The molecule has 0 aliphatic heterocycles. The van der Waals surface area contributed by atoms with Crippen LogP contribution in [0.5, 0.6) is 0 Å². The zero-order valence-electron chi connectivity index (χ0n) is 11.1. The fraction of sp³-hybridized carbons (Fsp3) is 0.538. The quantitative estimate of drug-likeness (QED) is 0.605. The first-order chi connectivity index (χ1) is 9.80. The summed E-state index contributed by atoms with van der Waals surface area (Å²) in [5, 5.41) is 1.01. The first-order valence-electron chi connectivity index (χ1n) is 6.50. The number of halogens is 4. The van der Waals surface area contributed by atoms with E-state index in [1.54, 1.807) is 0 Å². The van der Waals surface area contributed by atoms with Crippen molar-refractivity contribution in [3.63, 3.8) is 0 Å². The summed E-state index contributed by atoms with van der Waals surface area (Å²) in [5.41, 5.74) is -0.0125. The van der Waals surface area contributed by atoms with Crippen LogP contribution in [0.2, 0.25) is 10.0 Å². The van der Waals surface area contributed by atoms with Crippen LogP contribution in [0.1, 0.15) is 25.7 Å². The van der Waals surface area contributed by atoms with Crippen molar-refractivity contribution in [2.75, 3.05) is 11.9 Å². The van der Waals surface area contributed by atoms with E-state index < -0.39 is 10.0 Å². The second-order valence-corrected chi connectivity index (χ2v) is 9.36. The third kappa shape index (κ3) is 4.15. The van der Waals surface area contributed by atoms with Gasteiger partial charge in [0.25, 0.3) is 0 Å². The number of benzene rings is 1. The molecule has 1 N–H and O–H groups in total. The molecule has 0 bridgehead atoms. The SMILES string of the molecule is O=S(=O)(NCC1(CBr)CCCC1)c1c(Cl)cc(Br)cc1Cl. The average Bonchev–Trinajstić information content (AvgIpc) is 2.84. The Morgan fingerprint density at radius 1 is 1.19 bits per heavy atom. The fourth-order valence-electron chi connectivity index (χ4n) is 2.59. The lowest BCUT2D eigenvalue weighted by atomic mass is 9.89. The van der Waals surface area contributed by atoms with Gasteiger partial charge in [0.05, 0.1) is 10.0 Å². The van der Waals surface area contributed by atoms with Crippen molar-refractivity contribution in [2.45, 2.75) is 30.6 Å². The van der Waals surface area contributed by atoms with Crippen LogP contribution in [-0.2, 0) is 10.0 Å². The molecule has 1 aromatic rings. The molecule has 8 heteroatoms. The zero-order valence-corrected chi connectivity index (χ0v) is 16.6. The predicted molar refractivity (Wildman–Crippen MR) is 94.0 cm³/mol. The minimum absolute atomic E-state index is 0.0125. The molecule has 0 atom stereocenters. The maximum atomic E-state index is 12.5. The molecular formula is C13H15Br2Cl2NO2S. The van der Waals surface area contributed by atoms with E-state index in [1.807, 2.05) is 0 Å². The molecule has 0 amide bonds. The van der Waals surface area contributed by atoms with Gasteiger partial charge in [-0.2, -0.15) is 0 Å². The van der Waals surface area contributed by atoms with Crippen LogP contribution < -0.4 is 4.72 Å². The summed E-state index contributed by atoms with van der Waals surface area (Å²) >= 11 is 18.8. The monoisotopic (exact) mass is 477 g/mol. The van der Waals surface area contributed by atoms with Gasteiger partial charge in [-0.25, -0.2) is 13.1 Å². The normalized spacial score (nSPS) is 18.1. The van der Waals surface area contributed by atoms with Crippen LogP contribution >= 0.6 is 55.1 Å².